The average Bonchev–Trinajstić information content (AvgIpc) is 2.41. The normalized spacial score (nSPS) is 12.2. The minimum Gasteiger partial charge on any atom is -0.394 e. The third kappa shape index (κ3) is 2.96. The molecule has 4 heteroatoms. The molecule has 0 aromatic heterocycles. The fraction of sp³-hybridized carbons (Fsp3) is 0.143. The number of aliphatic hydroxyl groups is 1. The second-order valence-electron chi connectivity index (χ2n) is 3.89. The van der Waals surface area contributed by atoms with E-state index in [1.165, 1.54) is 0 Å². The van der Waals surface area contributed by atoms with Gasteiger partial charge in [0.25, 0.3) is 0 Å². The molecule has 0 aliphatic heterocycles. The zero-order valence-electron chi connectivity index (χ0n) is 9.61. The number of aliphatic hydroxyl groups excluding tert-OH is 1. The van der Waals surface area contributed by atoms with Crippen LogP contribution in [0.2, 0.25) is 10.0 Å². The van der Waals surface area contributed by atoms with Crippen LogP contribution in [-0.2, 0) is 0 Å². The molecule has 2 rings (SSSR count). The summed E-state index contributed by atoms with van der Waals surface area (Å²) in [6.07, 6.45) is 0. The molecule has 2 aromatic rings. The summed E-state index contributed by atoms with van der Waals surface area (Å²) >= 11 is 12.1. The predicted octanol–water partition coefficient (Wildman–Crippen LogP) is 4.14. The van der Waals surface area contributed by atoms with E-state index < -0.39 is 0 Å². The molecular weight excluding hydrogens is 269 g/mol. The lowest BCUT2D eigenvalue weighted by molar-refractivity contribution is 0.276. The van der Waals surface area contributed by atoms with Gasteiger partial charge in [-0.2, -0.15) is 0 Å². The van der Waals surface area contributed by atoms with Gasteiger partial charge in [0.2, 0.25) is 0 Å². The van der Waals surface area contributed by atoms with Crippen LogP contribution in [0.3, 0.4) is 0 Å². The van der Waals surface area contributed by atoms with Gasteiger partial charge in [0.05, 0.1) is 22.7 Å². The summed E-state index contributed by atoms with van der Waals surface area (Å²) in [5.41, 5.74) is 1.71. The number of rotatable bonds is 4. The van der Waals surface area contributed by atoms with Crippen molar-refractivity contribution < 1.29 is 5.11 Å². The highest BCUT2D eigenvalue weighted by Gasteiger charge is 2.15. The van der Waals surface area contributed by atoms with Crippen LogP contribution in [0.15, 0.2) is 48.5 Å². The average molecular weight is 282 g/mol. The van der Waals surface area contributed by atoms with Crippen LogP contribution in [0.25, 0.3) is 0 Å². The zero-order valence-corrected chi connectivity index (χ0v) is 11.1. The molecule has 0 radical (unpaired) electrons. The molecule has 0 aliphatic carbocycles. The Kier molecular flexibility index (Phi) is 4.48. The maximum absolute atomic E-state index is 9.49. The molecule has 1 atom stereocenters. The van der Waals surface area contributed by atoms with Gasteiger partial charge in [-0.25, -0.2) is 0 Å². The SMILES string of the molecule is OCC(Nc1ccccc1)c1cccc(Cl)c1Cl. The van der Waals surface area contributed by atoms with Crippen molar-refractivity contribution in [1.82, 2.24) is 0 Å². The van der Waals surface area contributed by atoms with Crippen LogP contribution in [0, 0.1) is 0 Å². The molecule has 2 N–H and O–H groups in total. The number of para-hydroxylation sites is 1. The van der Waals surface area contributed by atoms with Gasteiger partial charge in [-0.3, -0.25) is 0 Å². The van der Waals surface area contributed by atoms with Crippen LogP contribution in [-0.4, -0.2) is 11.7 Å². The topological polar surface area (TPSA) is 32.3 Å². The minimum atomic E-state index is -0.279. The second-order valence-corrected chi connectivity index (χ2v) is 4.67. The summed E-state index contributed by atoms with van der Waals surface area (Å²) in [6, 6.07) is 14.8. The van der Waals surface area contributed by atoms with Crippen molar-refractivity contribution >= 4 is 28.9 Å². The number of halogens is 2. The highest BCUT2D eigenvalue weighted by Crippen LogP contribution is 2.31. The summed E-state index contributed by atoms with van der Waals surface area (Å²) in [7, 11) is 0. The smallest absolute Gasteiger partial charge is 0.0759 e. The summed E-state index contributed by atoms with van der Waals surface area (Å²) < 4.78 is 0. The third-order valence-electron chi connectivity index (χ3n) is 2.65. The molecule has 1 unspecified atom stereocenters. The summed E-state index contributed by atoms with van der Waals surface area (Å²) in [6.45, 7) is -0.0606. The Morgan fingerprint density at radius 1 is 1.00 bits per heavy atom. The van der Waals surface area contributed by atoms with Gasteiger partial charge in [0.1, 0.15) is 0 Å². The molecule has 2 aromatic carbocycles. The van der Waals surface area contributed by atoms with E-state index in [4.69, 9.17) is 23.2 Å². The number of hydrogen-bond acceptors (Lipinski definition) is 2. The molecule has 0 fully saturated rings. The molecule has 0 saturated carbocycles. The molecule has 0 bridgehead atoms. The van der Waals surface area contributed by atoms with Gasteiger partial charge in [0, 0.05) is 5.69 Å². The highest BCUT2D eigenvalue weighted by atomic mass is 35.5. The van der Waals surface area contributed by atoms with E-state index >= 15 is 0 Å². The molecule has 0 amide bonds. The van der Waals surface area contributed by atoms with E-state index in [1.807, 2.05) is 42.5 Å². The second kappa shape index (κ2) is 6.10. The van der Waals surface area contributed by atoms with E-state index in [0.29, 0.717) is 10.0 Å². The Labute approximate surface area is 116 Å². The Balaban J connectivity index is 2.26. The zero-order chi connectivity index (χ0) is 13.0. The third-order valence-corrected chi connectivity index (χ3v) is 3.49. The highest BCUT2D eigenvalue weighted by molar-refractivity contribution is 6.42. The van der Waals surface area contributed by atoms with E-state index in [1.54, 1.807) is 6.07 Å². The standard InChI is InChI=1S/C14H13Cl2NO/c15-12-8-4-7-11(14(12)16)13(9-18)17-10-5-2-1-3-6-10/h1-8,13,17-18H,9H2. The van der Waals surface area contributed by atoms with Crippen molar-refractivity contribution in [2.24, 2.45) is 0 Å². The number of benzene rings is 2. The molecule has 0 spiro atoms. The predicted molar refractivity (Wildman–Crippen MR) is 76.4 cm³/mol. The van der Waals surface area contributed by atoms with Crippen LogP contribution in [0.4, 0.5) is 5.69 Å². The van der Waals surface area contributed by atoms with Gasteiger partial charge < -0.3 is 10.4 Å². The first kappa shape index (κ1) is 13.2. The van der Waals surface area contributed by atoms with E-state index in [0.717, 1.165) is 11.3 Å². The van der Waals surface area contributed by atoms with Crippen molar-refractivity contribution in [3.05, 3.63) is 64.1 Å². The van der Waals surface area contributed by atoms with Crippen LogP contribution < -0.4 is 5.32 Å². The first-order valence-corrected chi connectivity index (χ1v) is 6.34. The molecule has 2 nitrogen and oxygen atoms in total. The molecule has 0 saturated heterocycles. The summed E-state index contributed by atoms with van der Waals surface area (Å²) in [5.74, 6) is 0. The molecule has 18 heavy (non-hydrogen) atoms. The van der Waals surface area contributed by atoms with E-state index in [-0.39, 0.29) is 12.6 Å². The van der Waals surface area contributed by atoms with Crippen LogP contribution >= 0.6 is 23.2 Å². The van der Waals surface area contributed by atoms with E-state index in [9.17, 15) is 5.11 Å². The first-order chi connectivity index (χ1) is 8.72. The van der Waals surface area contributed by atoms with Gasteiger partial charge in [0.15, 0.2) is 0 Å². The maximum Gasteiger partial charge on any atom is 0.0759 e. The lowest BCUT2D eigenvalue weighted by atomic mass is 10.1. The molecule has 0 aliphatic rings. The van der Waals surface area contributed by atoms with Crippen molar-refractivity contribution in [3.63, 3.8) is 0 Å². The van der Waals surface area contributed by atoms with Crippen molar-refractivity contribution in [3.8, 4) is 0 Å². The molecule has 0 heterocycles. The summed E-state index contributed by atoms with van der Waals surface area (Å²) in [4.78, 5) is 0. The molecular formula is C14H13Cl2NO. The van der Waals surface area contributed by atoms with Crippen LogP contribution in [0.5, 0.6) is 0 Å². The minimum absolute atomic E-state index is 0.0606. The number of nitrogens with one attached hydrogen (secondary N) is 1. The van der Waals surface area contributed by atoms with Gasteiger partial charge in [-0.15, -0.1) is 0 Å². The maximum atomic E-state index is 9.49. The lowest BCUT2D eigenvalue weighted by Gasteiger charge is -2.19. The quantitative estimate of drug-likeness (QED) is 0.883. The van der Waals surface area contributed by atoms with Gasteiger partial charge >= 0.3 is 0 Å². The van der Waals surface area contributed by atoms with E-state index in [2.05, 4.69) is 5.32 Å². The van der Waals surface area contributed by atoms with Gasteiger partial charge in [-0.1, -0.05) is 53.5 Å². The summed E-state index contributed by atoms with van der Waals surface area (Å²) in [5, 5.41) is 13.7. The van der Waals surface area contributed by atoms with Crippen molar-refractivity contribution in [1.29, 1.82) is 0 Å². The largest absolute Gasteiger partial charge is 0.394 e. The first-order valence-electron chi connectivity index (χ1n) is 5.58. The lowest BCUT2D eigenvalue weighted by Crippen LogP contribution is -2.15. The Hall–Kier alpha value is -1.22. The monoisotopic (exact) mass is 281 g/mol. The number of anilines is 1. The van der Waals surface area contributed by atoms with Crippen molar-refractivity contribution in [2.45, 2.75) is 6.04 Å². The number of hydrogen-bond donors (Lipinski definition) is 2. The Bertz CT molecular complexity index is 516. The fourth-order valence-electron chi connectivity index (χ4n) is 1.75. The molecule has 94 valence electrons. The van der Waals surface area contributed by atoms with Gasteiger partial charge in [-0.05, 0) is 23.8 Å². The van der Waals surface area contributed by atoms with Crippen molar-refractivity contribution in [2.75, 3.05) is 11.9 Å². The Morgan fingerprint density at radius 2 is 1.72 bits per heavy atom. The fourth-order valence-corrected chi connectivity index (χ4v) is 2.19. The van der Waals surface area contributed by atoms with Crippen LogP contribution in [0.1, 0.15) is 11.6 Å². The Morgan fingerprint density at radius 3 is 2.39 bits per heavy atom.